The lowest BCUT2D eigenvalue weighted by molar-refractivity contribution is 0.0527. The van der Waals surface area contributed by atoms with Crippen molar-refractivity contribution in [2.45, 2.75) is 6.92 Å². The Labute approximate surface area is 124 Å². The molecule has 0 radical (unpaired) electrons. The predicted octanol–water partition coefficient (Wildman–Crippen LogP) is 4.68. The lowest BCUT2D eigenvalue weighted by Gasteiger charge is -2.10. The maximum Gasteiger partial charge on any atom is 0.338 e. The van der Waals surface area contributed by atoms with E-state index in [4.69, 9.17) is 4.74 Å². The Hall–Kier alpha value is -2.61. The fourth-order valence-electron chi connectivity index (χ4n) is 2.48. The molecule has 21 heavy (non-hydrogen) atoms. The standard InChI is InChI=1S/C19H16O2/c1-2-21-19(20)18-10-6-5-9-17(18)16-12-11-14-7-3-4-8-15(14)13-16/h3-13H,2H2,1H3. The van der Waals surface area contributed by atoms with Crippen LogP contribution in [0.2, 0.25) is 0 Å². The van der Waals surface area contributed by atoms with Crippen molar-refractivity contribution in [2.24, 2.45) is 0 Å². The van der Waals surface area contributed by atoms with Gasteiger partial charge in [0, 0.05) is 0 Å². The van der Waals surface area contributed by atoms with Gasteiger partial charge in [-0.05, 0) is 41.0 Å². The van der Waals surface area contributed by atoms with Gasteiger partial charge in [0.1, 0.15) is 0 Å². The normalized spacial score (nSPS) is 10.5. The van der Waals surface area contributed by atoms with E-state index in [9.17, 15) is 4.79 Å². The molecular formula is C19H16O2. The van der Waals surface area contributed by atoms with E-state index in [1.165, 1.54) is 5.39 Å². The maximum absolute atomic E-state index is 12.1. The molecule has 0 saturated carbocycles. The minimum Gasteiger partial charge on any atom is -0.462 e. The summed E-state index contributed by atoms with van der Waals surface area (Å²) in [5.74, 6) is -0.277. The minimum atomic E-state index is -0.277. The summed E-state index contributed by atoms with van der Waals surface area (Å²) in [6, 6.07) is 22.0. The van der Waals surface area contributed by atoms with Gasteiger partial charge in [-0.1, -0.05) is 54.6 Å². The van der Waals surface area contributed by atoms with E-state index in [1.54, 1.807) is 0 Å². The molecule has 0 aromatic heterocycles. The quantitative estimate of drug-likeness (QED) is 0.649. The van der Waals surface area contributed by atoms with Crippen molar-refractivity contribution >= 4 is 16.7 Å². The highest BCUT2D eigenvalue weighted by atomic mass is 16.5. The Balaban J connectivity index is 2.12. The van der Waals surface area contributed by atoms with Crippen molar-refractivity contribution < 1.29 is 9.53 Å². The van der Waals surface area contributed by atoms with Gasteiger partial charge in [-0.25, -0.2) is 4.79 Å². The average Bonchev–Trinajstić information content (AvgIpc) is 2.54. The lowest BCUT2D eigenvalue weighted by atomic mass is 9.97. The third-order valence-corrected chi connectivity index (χ3v) is 3.48. The van der Waals surface area contributed by atoms with Gasteiger partial charge in [0.05, 0.1) is 12.2 Å². The molecule has 104 valence electrons. The van der Waals surface area contributed by atoms with Crippen LogP contribution in [0.3, 0.4) is 0 Å². The highest BCUT2D eigenvalue weighted by Crippen LogP contribution is 2.27. The van der Waals surface area contributed by atoms with E-state index >= 15 is 0 Å². The fraction of sp³-hybridized carbons (Fsp3) is 0.105. The van der Waals surface area contributed by atoms with Crippen LogP contribution in [0.4, 0.5) is 0 Å². The second kappa shape index (κ2) is 5.80. The molecule has 0 unspecified atom stereocenters. The van der Waals surface area contributed by atoms with Crippen LogP contribution in [0.5, 0.6) is 0 Å². The maximum atomic E-state index is 12.1. The molecule has 3 rings (SSSR count). The lowest BCUT2D eigenvalue weighted by Crippen LogP contribution is -2.06. The first kappa shape index (κ1) is 13.4. The fourth-order valence-corrected chi connectivity index (χ4v) is 2.48. The summed E-state index contributed by atoms with van der Waals surface area (Å²) in [5.41, 5.74) is 2.54. The number of hydrogen-bond acceptors (Lipinski definition) is 2. The van der Waals surface area contributed by atoms with Crippen LogP contribution in [0, 0.1) is 0 Å². The third-order valence-electron chi connectivity index (χ3n) is 3.48. The molecule has 0 heterocycles. The van der Waals surface area contributed by atoms with Gasteiger partial charge in [0.2, 0.25) is 0 Å². The van der Waals surface area contributed by atoms with Crippen molar-refractivity contribution in [1.82, 2.24) is 0 Å². The molecule has 0 aliphatic rings. The van der Waals surface area contributed by atoms with Gasteiger partial charge >= 0.3 is 5.97 Å². The van der Waals surface area contributed by atoms with E-state index in [1.807, 2.05) is 49.4 Å². The third kappa shape index (κ3) is 2.65. The molecule has 3 aromatic carbocycles. The van der Waals surface area contributed by atoms with Gasteiger partial charge < -0.3 is 4.74 Å². The molecule has 0 aliphatic heterocycles. The zero-order valence-electron chi connectivity index (χ0n) is 11.9. The molecular weight excluding hydrogens is 260 g/mol. The van der Waals surface area contributed by atoms with Crippen LogP contribution in [-0.2, 0) is 4.74 Å². The minimum absolute atomic E-state index is 0.277. The topological polar surface area (TPSA) is 26.3 Å². The SMILES string of the molecule is CCOC(=O)c1ccccc1-c1ccc2ccccc2c1. The van der Waals surface area contributed by atoms with Crippen molar-refractivity contribution in [3.05, 3.63) is 72.3 Å². The highest BCUT2D eigenvalue weighted by Gasteiger charge is 2.13. The Morgan fingerprint density at radius 3 is 2.43 bits per heavy atom. The molecule has 0 aliphatic carbocycles. The summed E-state index contributed by atoms with van der Waals surface area (Å²) in [6.45, 7) is 2.20. The van der Waals surface area contributed by atoms with Gasteiger partial charge in [0.25, 0.3) is 0 Å². The van der Waals surface area contributed by atoms with Crippen molar-refractivity contribution in [1.29, 1.82) is 0 Å². The number of carbonyl (C=O) groups excluding carboxylic acids is 1. The summed E-state index contributed by atoms with van der Waals surface area (Å²) in [7, 11) is 0. The van der Waals surface area contributed by atoms with E-state index < -0.39 is 0 Å². The van der Waals surface area contributed by atoms with E-state index in [0.29, 0.717) is 12.2 Å². The van der Waals surface area contributed by atoms with Crippen molar-refractivity contribution in [2.75, 3.05) is 6.61 Å². The summed E-state index contributed by atoms with van der Waals surface area (Å²) < 4.78 is 5.14. The predicted molar refractivity (Wildman–Crippen MR) is 85.3 cm³/mol. The highest BCUT2D eigenvalue weighted by molar-refractivity contribution is 5.98. The molecule has 2 heteroatoms. The summed E-state index contributed by atoms with van der Waals surface area (Å²) >= 11 is 0. The number of ether oxygens (including phenoxy) is 1. The first-order chi connectivity index (χ1) is 10.3. The van der Waals surface area contributed by atoms with Crippen LogP contribution in [0.1, 0.15) is 17.3 Å². The number of esters is 1. The molecule has 0 atom stereocenters. The summed E-state index contributed by atoms with van der Waals surface area (Å²) in [4.78, 5) is 12.1. The molecule has 0 amide bonds. The monoisotopic (exact) mass is 276 g/mol. The smallest absolute Gasteiger partial charge is 0.338 e. The zero-order chi connectivity index (χ0) is 14.7. The van der Waals surface area contributed by atoms with E-state index in [0.717, 1.165) is 16.5 Å². The summed E-state index contributed by atoms with van der Waals surface area (Å²) in [5, 5.41) is 2.35. The van der Waals surface area contributed by atoms with Crippen LogP contribution in [-0.4, -0.2) is 12.6 Å². The Kier molecular flexibility index (Phi) is 3.69. The number of fused-ring (bicyclic) bond motifs is 1. The second-order valence-corrected chi connectivity index (χ2v) is 4.83. The first-order valence-electron chi connectivity index (χ1n) is 7.05. The zero-order valence-corrected chi connectivity index (χ0v) is 11.9. The largest absolute Gasteiger partial charge is 0.462 e. The van der Waals surface area contributed by atoms with Gasteiger partial charge in [0.15, 0.2) is 0 Å². The van der Waals surface area contributed by atoms with E-state index in [2.05, 4.69) is 24.3 Å². The molecule has 0 N–H and O–H groups in total. The number of hydrogen-bond donors (Lipinski definition) is 0. The molecule has 2 nitrogen and oxygen atoms in total. The number of benzene rings is 3. The van der Waals surface area contributed by atoms with Crippen LogP contribution >= 0.6 is 0 Å². The Morgan fingerprint density at radius 2 is 1.62 bits per heavy atom. The molecule has 0 spiro atoms. The van der Waals surface area contributed by atoms with Gasteiger partial charge in [-0.2, -0.15) is 0 Å². The first-order valence-corrected chi connectivity index (χ1v) is 7.05. The molecule has 3 aromatic rings. The molecule has 0 saturated heterocycles. The molecule has 0 fully saturated rings. The Morgan fingerprint density at radius 1 is 0.905 bits per heavy atom. The van der Waals surface area contributed by atoms with Gasteiger partial charge in [-0.15, -0.1) is 0 Å². The van der Waals surface area contributed by atoms with Crippen molar-refractivity contribution in [3.8, 4) is 11.1 Å². The number of rotatable bonds is 3. The van der Waals surface area contributed by atoms with Crippen LogP contribution in [0.15, 0.2) is 66.7 Å². The van der Waals surface area contributed by atoms with Crippen LogP contribution < -0.4 is 0 Å². The van der Waals surface area contributed by atoms with Crippen molar-refractivity contribution in [3.63, 3.8) is 0 Å². The summed E-state index contributed by atoms with van der Waals surface area (Å²) in [6.07, 6.45) is 0. The Bertz CT molecular complexity index is 790. The average molecular weight is 276 g/mol. The molecule has 0 bridgehead atoms. The van der Waals surface area contributed by atoms with Crippen LogP contribution in [0.25, 0.3) is 21.9 Å². The van der Waals surface area contributed by atoms with Gasteiger partial charge in [-0.3, -0.25) is 0 Å². The second-order valence-electron chi connectivity index (χ2n) is 4.83. The number of carbonyl (C=O) groups is 1. The van der Waals surface area contributed by atoms with E-state index in [-0.39, 0.29) is 5.97 Å².